The third kappa shape index (κ3) is 2.50. The molecule has 1 aromatic carbocycles. The molecule has 0 radical (unpaired) electrons. The minimum Gasteiger partial charge on any atom is -0.382 e. The first kappa shape index (κ1) is 13.3. The maximum Gasteiger partial charge on any atom is 0.153 e. The fourth-order valence-corrected chi connectivity index (χ4v) is 2.32. The van der Waals surface area contributed by atoms with Crippen LogP contribution in [0.25, 0.3) is 22.4 Å². The van der Waals surface area contributed by atoms with Crippen molar-refractivity contribution in [2.75, 3.05) is 5.73 Å². The van der Waals surface area contributed by atoms with Crippen molar-refractivity contribution in [3.05, 3.63) is 48.5 Å². The van der Waals surface area contributed by atoms with E-state index in [0.717, 1.165) is 22.4 Å². The summed E-state index contributed by atoms with van der Waals surface area (Å²) >= 11 is 0. The number of anilines is 1. The number of benzene rings is 1. The molecule has 0 aliphatic rings. The smallest absolute Gasteiger partial charge is 0.153 e. The van der Waals surface area contributed by atoms with Crippen LogP contribution in [-0.4, -0.2) is 20.2 Å². The lowest BCUT2D eigenvalue weighted by Gasteiger charge is -2.08. The van der Waals surface area contributed by atoms with Gasteiger partial charge in [-0.15, -0.1) is 0 Å². The molecular weight excluding hydrogens is 262 g/mol. The lowest BCUT2D eigenvalue weighted by molar-refractivity contribution is 0.867. The molecule has 0 amide bonds. The Bertz CT molecular complexity index is 729. The molecule has 3 rings (SSSR count). The number of hydrogen-bond donors (Lipinski definition) is 2. The first-order chi connectivity index (χ1) is 10.2. The quantitative estimate of drug-likeness (QED) is 0.771. The highest BCUT2D eigenvalue weighted by Gasteiger charge is 2.15. The Hall–Kier alpha value is -2.69. The maximum absolute atomic E-state index is 6.03. The molecule has 0 saturated heterocycles. The lowest BCUT2D eigenvalue weighted by Crippen LogP contribution is -1.91. The van der Waals surface area contributed by atoms with Gasteiger partial charge in [-0.3, -0.25) is 5.10 Å². The summed E-state index contributed by atoms with van der Waals surface area (Å²) < 4.78 is 0. The van der Waals surface area contributed by atoms with E-state index in [9.17, 15) is 0 Å². The van der Waals surface area contributed by atoms with Gasteiger partial charge in [0.15, 0.2) is 5.82 Å². The highest BCUT2D eigenvalue weighted by molar-refractivity contribution is 5.87. The van der Waals surface area contributed by atoms with Gasteiger partial charge in [-0.1, -0.05) is 38.1 Å². The molecule has 0 saturated carbocycles. The monoisotopic (exact) mass is 279 g/mol. The van der Waals surface area contributed by atoms with Crippen molar-refractivity contribution >= 4 is 5.82 Å². The number of hydrogen-bond acceptors (Lipinski definition) is 4. The standard InChI is InChI=1S/C16H17N5/c1-10(2)11-3-5-12(6-4-11)14-15(20-21-16(14)17)13-7-18-9-19-8-13/h3-10H,1-2H3,(H3,17,20,21). The molecule has 3 N–H and O–H groups in total. The van der Waals surface area contributed by atoms with Gasteiger partial charge in [0.25, 0.3) is 0 Å². The largest absolute Gasteiger partial charge is 0.382 e. The molecule has 0 aliphatic heterocycles. The summed E-state index contributed by atoms with van der Waals surface area (Å²) in [6.07, 6.45) is 4.98. The Labute approximate surface area is 123 Å². The Kier molecular flexibility index (Phi) is 3.39. The zero-order chi connectivity index (χ0) is 14.8. The summed E-state index contributed by atoms with van der Waals surface area (Å²) in [7, 11) is 0. The average Bonchev–Trinajstić information content (AvgIpc) is 2.90. The average molecular weight is 279 g/mol. The van der Waals surface area contributed by atoms with Gasteiger partial charge in [-0.25, -0.2) is 9.97 Å². The molecule has 0 spiro atoms. The molecule has 2 heterocycles. The number of nitrogens with zero attached hydrogens (tertiary/aromatic N) is 3. The van der Waals surface area contributed by atoms with Gasteiger partial charge in [0.05, 0.1) is 11.3 Å². The molecule has 0 atom stereocenters. The van der Waals surface area contributed by atoms with Crippen molar-refractivity contribution in [2.45, 2.75) is 19.8 Å². The minimum absolute atomic E-state index is 0.478. The first-order valence-corrected chi connectivity index (χ1v) is 6.86. The third-order valence-electron chi connectivity index (χ3n) is 3.51. The Balaban J connectivity index is 2.08. The number of nitrogen functional groups attached to an aromatic ring is 1. The molecule has 3 aromatic rings. The summed E-state index contributed by atoms with van der Waals surface area (Å²) in [5, 5.41) is 7.10. The fourth-order valence-electron chi connectivity index (χ4n) is 2.32. The van der Waals surface area contributed by atoms with Crippen LogP contribution in [0, 0.1) is 0 Å². The number of aromatic amines is 1. The van der Waals surface area contributed by atoms with Crippen LogP contribution < -0.4 is 5.73 Å². The maximum atomic E-state index is 6.03. The van der Waals surface area contributed by atoms with Gasteiger partial charge in [-0.2, -0.15) is 5.10 Å². The predicted molar refractivity (Wildman–Crippen MR) is 83.6 cm³/mol. The summed E-state index contributed by atoms with van der Waals surface area (Å²) in [5.41, 5.74) is 10.9. The highest BCUT2D eigenvalue weighted by Crippen LogP contribution is 2.34. The molecule has 21 heavy (non-hydrogen) atoms. The second-order valence-electron chi connectivity index (χ2n) is 5.26. The van der Waals surface area contributed by atoms with Crippen LogP contribution in [0.5, 0.6) is 0 Å². The number of H-pyrrole nitrogens is 1. The van der Waals surface area contributed by atoms with Gasteiger partial charge >= 0.3 is 0 Å². The van der Waals surface area contributed by atoms with Crippen LogP contribution in [0.1, 0.15) is 25.3 Å². The summed E-state index contributed by atoms with van der Waals surface area (Å²) in [4.78, 5) is 8.09. The van der Waals surface area contributed by atoms with E-state index in [1.165, 1.54) is 11.9 Å². The molecule has 5 heteroatoms. The van der Waals surface area contributed by atoms with Gasteiger partial charge in [0.2, 0.25) is 0 Å². The van der Waals surface area contributed by atoms with Crippen LogP contribution in [-0.2, 0) is 0 Å². The molecular formula is C16H17N5. The van der Waals surface area contributed by atoms with Gasteiger partial charge in [0.1, 0.15) is 6.33 Å². The third-order valence-corrected chi connectivity index (χ3v) is 3.51. The van der Waals surface area contributed by atoms with Crippen molar-refractivity contribution in [1.82, 2.24) is 20.2 Å². The van der Waals surface area contributed by atoms with Crippen LogP contribution in [0.4, 0.5) is 5.82 Å². The first-order valence-electron chi connectivity index (χ1n) is 6.86. The highest BCUT2D eigenvalue weighted by atomic mass is 15.2. The van der Waals surface area contributed by atoms with Crippen LogP contribution in [0.15, 0.2) is 43.0 Å². The Morgan fingerprint density at radius 1 is 1.00 bits per heavy atom. The second kappa shape index (κ2) is 5.36. The van der Waals surface area contributed by atoms with Crippen molar-refractivity contribution < 1.29 is 0 Å². The Morgan fingerprint density at radius 2 is 1.67 bits per heavy atom. The second-order valence-corrected chi connectivity index (χ2v) is 5.26. The SMILES string of the molecule is CC(C)c1ccc(-c2c(N)n[nH]c2-c2cncnc2)cc1. The van der Waals surface area contributed by atoms with Crippen molar-refractivity contribution in [1.29, 1.82) is 0 Å². The van der Waals surface area contributed by atoms with E-state index in [2.05, 4.69) is 58.3 Å². The van der Waals surface area contributed by atoms with E-state index in [4.69, 9.17) is 5.73 Å². The molecule has 106 valence electrons. The number of nitrogens with one attached hydrogen (secondary N) is 1. The van der Waals surface area contributed by atoms with E-state index >= 15 is 0 Å². The normalized spacial score (nSPS) is 11.0. The molecule has 0 fully saturated rings. The Morgan fingerprint density at radius 3 is 2.29 bits per heavy atom. The number of nitrogens with two attached hydrogens (primary N) is 1. The van der Waals surface area contributed by atoms with Gasteiger partial charge in [0, 0.05) is 18.0 Å². The zero-order valence-corrected chi connectivity index (χ0v) is 12.0. The van der Waals surface area contributed by atoms with Crippen molar-refractivity contribution in [3.8, 4) is 22.4 Å². The van der Waals surface area contributed by atoms with Crippen molar-refractivity contribution in [2.24, 2.45) is 0 Å². The van der Waals surface area contributed by atoms with E-state index in [-0.39, 0.29) is 0 Å². The molecule has 0 unspecified atom stereocenters. The summed E-state index contributed by atoms with van der Waals surface area (Å²) in [5.74, 6) is 0.980. The topological polar surface area (TPSA) is 80.5 Å². The van der Waals surface area contributed by atoms with E-state index in [1.807, 2.05) is 0 Å². The van der Waals surface area contributed by atoms with E-state index in [0.29, 0.717) is 11.7 Å². The van der Waals surface area contributed by atoms with Crippen LogP contribution >= 0.6 is 0 Å². The number of aromatic nitrogens is 4. The van der Waals surface area contributed by atoms with Crippen LogP contribution in [0.3, 0.4) is 0 Å². The zero-order valence-electron chi connectivity index (χ0n) is 12.0. The molecule has 2 aromatic heterocycles. The molecule has 0 aliphatic carbocycles. The number of rotatable bonds is 3. The van der Waals surface area contributed by atoms with E-state index in [1.54, 1.807) is 12.4 Å². The molecule has 5 nitrogen and oxygen atoms in total. The summed E-state index contributed by atoms with van der Waals surface area (Å²) in [6.45, 7) is 4.35. The van der Waals surface area contributed by atoms with Crippen molar-refractivity contribution in [3.63, 3.8) is 0 Å². The van der Waals surface area contributed by atoms with Gasteiger partial charge < -0.3 is 5.73 Å². The molecule has 0 bridgehead atoms. The fraction of sp³-hybridized carbons (Fsp3) is 0.188. The minimum atomic E-state index is 0.478. The van der Waals surface area contributed by atoms with E-state index < -0.39 is 0 Å². The van der Waals surface area contributed by atoms with Gasteiger partial charge in [-0.05, 0) is 17.0 Å². The summed E-state index contributed by atoms with van der Waals surface area (Å²) in [6, 6.07) is 8.39. The van der Waals surface area contributed by atoms with Crippen LogP contribution in [0.2, 0.25) is 0 Å². The predicted octanol–water partition coefficient (Wildman–Crippen LogP) is 3.24. The lowest BCUT2D eigenvalue weighted by atomic mass is 9.97.